The second kappa shape index (κ2) is 11.1. The molecule has 2 atom stereocenters. The number of hydrogen-bond acceptors (Lipinski definition) is 5. The molecule has 8 nitrogen and oxygen atoms in total. The summed E-state index contributed by atoms with van der Waals surface area (Å²) in [5, 5.41) is 29.2. The van der Waals surface area contributed by atoms with Crippen molar-refractivity contribution >= 4 is 28.7 Å². The number of carbonyl (C=O) groups is 3. The van der Waals surface area contributed by atoms with Crippen LogP contribution in [-0.4, -0.2) is 58.6 Å². The Morgan fingerprint density at radius 3 is 2.10 bits per heavy atom. The first-order valence-corrected chi connectivity index (χ1v) is 9.27. The number of fused-ring (bicyclic) bond motifs is 1. The summed E-state index contributed by atoms with van der Waals surface area (Å²) in [6.45, 7) is -0.884. The lowest BCUT2D eigenvalue weighted by atomic mass is 10.0. The van der Waals surface area contributed by atoms with E-state index >= 15 is 0 Å². The minimum Gasteiger partial charge on any atom is -0.480 e. The van der Waals surface area contributed by atoms with E-state index in [1.165, 1.54) is 16.3 Å². The smallest absolute Gasteiger partial charge is 0.336 e. The van der Waals surface area contributed by atoms with E-state index in [1.54, 1.807) is 0 Å². The SMILES string of the molecule is O=C(O)CO[C@@H](C(=O)O)[C@@H](OCCCCCc1ccc2ccccc2c1)C(=O)O. The van der Waals surface area contributed by atoms with Crippen LogP contribution in [0.25, 0.3) is 10.8 Å². The first-order valence-electron chi connectivity index (χ1n) is 9.27. The predicted octanol–water partition coefficient (Wildman–Crippen LogP) is 2.58. The maximum absolute atomic E-state index is 11.3. The van der Waals surface area contributed by atoms with Crippen LogP contribution in [0.2, 0.25) is 0 Å². The highest BCUT2D eigenvalue weighted by molar-refractivity contribution is 5.84. The van der Waals surface area contributed by atoms with E-state index in [0.717, 1.165) is 19.3 Å². The van der Waals surface area contributed by atoms with Crippen LogP contribution in [0, 0.1) is 0 Å². The van der Waals surface area contributed by atoms with Crippen LogP contribution in [-0.2, 0) is 30.3 Å². The summed E-state index contributed by atoms with van der Waals surface area (Å²) in [7, 11) is 0. The van der Waals surface area contributed by atoms with Gasteiger partial charge in [0.15, 0.2) is 12.2 Å². The summed E-state index contributed by atoms with van der Waals surface area (Å²) in [6.07, 6.45) is -0.604. The third-order valence-corrected chi connectivity index (χ3v) is 4.37. The molecule has 8 heteroatoms. The zero-order valence-corrected chi connectivity index (χ0v) is 15.8. The Bertz CT molecular complexity index is 847. The monoisotopic (exact) mass is 404 g/mol. The zero-order valence-electron chi connectivity index (χ0n) is 15.8. The summed E-state index contributed by atoms with van der Waals surface area (Å²) in [6, 6.07) is 14.4. The quantitative estimate of drug-likeness (QED) is 0.434. The van der Waals surface area contributed by atoms with Gasteiger partial charge in [0, 0.05) is 6.61 Å². The van der Waals surface area contributed by atoms with Gasteiger partial charge in [0.1, 0.15) is 6.61 Å². The molecular weight excluding hydrogens is 380 g/mol. The molecule has 0 saturated heterocycles. The highest BCUT2D eigenvalue weighted by atomic mass is 16.6. The van der Waals surface area contributed by atoms with E-state index in [0.29, 0.717) is 6.42 Å². The van der Waals surface area contributed by atoms with Gasteiger partial charge in [-0.15, -0.1) is 0 Å². The number of rotatable bonds is 13. The Morgan fingerprint density at radius 2 is 1.45 bits per heavy atom. The molecule has 0 aliphatic carbocycles. The van der Waals surface area contributed by atoms with Gasteiger partial charge in [-0.2, -0.15) is 0 Å². The number of aliphatic carboxylic acids is 3. The van der Waals surface area contributed by atoms with Crippen LogP contribution in [0.4, 0.5) is 0 Å². The van der Waals surface area contributed by atoms with Gasteiger partial charge in [0.25, 0.3) is 0 Å². The predicted molar refractivity (Wildman–Crippen MR) is 104 cm³/mol. The van der Waals surface area contributed by atoms with Crippen LogP contribution >= 0.6 is 0 Å². The molecule has 2 rings (SSSR count). The van der Waals surface area contributed by atoms with Gasteiger partial charge in [0.05, 0.1) is 0 Å². The lowest BCUT2D eigenvalue weighted by molar-refractivity contribution is -0.179. The fraction of sp³-hybridized carbons (Fsp3) is 0.381. The maximum atomic E-state index is 11.3. The van der Waals surface area contributed by atoms with Gasteiger partial charge in [0.2, 0.25) is 0 Å². The molecule has 0 spiro atoms. The minimum absolute atomic E-state index is 0.0366. The molecule has 3 N–H and O–H groups in total. The van der Waals surface area contributed by atoms with E-state index in [2.05, 4.69) is 35.1 Å². The lowest BCUT2D eigenvalue weighted by Gasteiger charge is -2.20. The average Bonchev–Trinajstić information content (AvgIpc) is 2.68. The van der Waals surface area contributed by atoms with Crippen molar-refractivity contribution in [2.24, 2.45) is 0 Å². The van der Waals surface area contributed by atoms with Gasteiger partial charge in [-0.1, -0.05) is 48.9 Å². The van der Waals surface area contributed by atoms with Crippen LogP contribution in [0.1, 0.15) is 24.8 Å². The van der Waals surface area contributed by atoms with Gasteiger partial charge in [-0.25, -0.2) is 14.4 Å². The Balaban J connectivity index is 1.76. The van der Waals surface area contributed by atoms with Crippen molar-refractivity contribution in [1.29, 1.82) is 0 Å². The molecule has 0 saturated carbocycles. The van der Waals surface area contributed by atoms with Crippen molar-refractivity contribution in [2.45, 2.75) is 37.9 Å². The lowest BCUT2D eigenvalue weighted by Crippen LogP contribution is -2.44. The summed E-state index contributed by atoms with van der Waals surface area (Å²) < 4.78 is 9.83. The number of carboxylic acid groups (broad SMARTS) is 3. The standard InChI is InChI=1S/C21H24O8/c22-17(23)13-29-19(21(26)27)18(20(24)25)28-11-5-1-2-6-14-9-10-15-7-3-4-8-16(15)12-14/h3-4,7-10,12,18-19H,1-2,5-6,11,13H2,(H,22,23)(H,24,25)(H,26,27)/t18-,19-/m1/s1. The number of unbranched alkanes of at least 4 members (excludes halogenated alkanes) is 2. The highest BCUT2D eigenvalue weighted by Gasteiger charge is 2.36. The number of hydrogen-bond donors (Lipinski definition) is 3. The van der Waals surface area contributed by atoms with E-state index in [4.69, 9.17) is 14.9 Å². The Morgan fingerprint density at radius 1 is 0.793 bits per heavy atom. The Hall–Kier alpha value is -2.97. The first-order chi connectivity index (χ1) is 13.9. The van der Waals surface area contributed by atoms with E-state index in [1.807, 2.05) is 12.1 Å². The molecule has 2 aromatic rings. The van der Waals surface area contributed by atoms with Crippen molar-refractivity contribution < 1.29 is 39.2 Å². The van der Waals surface area contributed by atoms with Crippen molar-refractivity contribution in [3.8, 4) is 0 Å². The topological polar surface area (TPSA) is 130 Å². The molecule has 0 unspecified atom stereocenters. The molecule has 0 fully saturated rings. The van der Waals surface area contributed by atoms with Crippen LogP contribution < -0.4 is 0 Å². The third kappa shape index (κ3) is 7.17. The second-order valence-electron chi connectivity index (χ2n) is 6.59. The van der Waals surface area contributed by atoms with Crippen molar-refractivity contribution in [1.82, 2.24) is 0 Å². The molecular formula is C21H24O8. The molecule has 29 heavy (non-hydrogen) atoms. The van der Waals surface area contributed by atoms with Gasteiger partial charge in [-0.05, 0) is 35.6 Å². The minimum atomic E-state index is -1.89. The first kappa shape index (κ1) is 22.3. The Labute approximate surface area is 167 Å². The highest BCUT2D eigenvalue weighted by Crippen LogP contribution is 2.17. The van der Waals surface area contributed by atoms with Crippen LogP contribution in [0.5, 0.6) is 0 Å². The van der Waals surface area contributed by atoms with Crippen LogP contribution in [0.3, 0.4) is 0 Å². The van der Waals surface area contributed by atoms with Gasteiger partial charge >= 0.3 is 17.9 Å². The molecule has 0 bridgehead atoms. The largest absolute Gasteiger partial charge is 0.480 e. The molecule has 0 aliphatic heterocycles. The van der Waals surface area contributed by atoms with Crippen molar-refractivity contribution in [3.05, 3.63) is 48.0 Å². The molecule has 0 amide bonds. The Kier molecular flexibility index (Phi) is 8.57. The molecule has 2 aromatic carbocycles. The summed E-state index contributed by atoms with van der Waals surface area (Å²) in [5.41, 5.74) is 1.21. The van der Waals surface area contributed by atoms with E-state index in [-0.39, 0.29) is 6.61 Å². The second-order valence-corrected chi connectivity index (χ2v) is 6.59. The van der Waals surface area contributed by atoms with Gasteiger partial charge < -0.3 is 24.8 Å². The van der Waals surface area contributed by atoms with Crippen molar-refractivity contribution in [3.63, 3.8) is 0 Å². The fourth-order valence-electron chi connectivity index (χ4n) is 2.95. The molecule has 0 aromatic heterocycles. The van der Waals surface area contributed by atoms with E-state index < -0.39 is 36.7 Å². The summed E-state index contributed by atoms with van der Waals surface area (Å²) in [5.74, 6) is -4.50. The van der Waals surface area contributed by atoms with Crippen molar-refractivity contribution in [2.75, 3.05) is 13.2 Å². The maximum Gasteiger partial charge on any atom is 0.336 e. The normalized spacial score (nSPS) is 13.1. The molecule has 0 radical (unpaired) electrons. The third-order valence-electron chi connectivity index (χ3n) is 4.37. The molecule has 0 aliphatic rings. The van der Waals surface area contributed by atoms with E-state index in [9.17, 15) is 19.5 Å². The zero-order chi connectivity index (χ0) is 21.2. The number of ether oxygens (including phenoxy) is 2. The summed E-state index contributed by atoms with van der Waals surface area (Å²) in [4.78, 5) is 33.0. The summed E-state index contributed by atoms with van der Waals surface area (Å²) >= 11 is 0. The van der Waals surface area contributed by atoms with Gasteiger partial charge in [-0.3, -0.25) is 0 Å². The molecule has 156 valence electrons. The fourth-order valence-corrected chi connectivity index (χ4v) is 2.95. The average molecular weight is 404 g/mol. The van der Waals surface area contributed by atoms with Crippen LogP contribution in [0.15, 0.2) is 42.5 Å². The number of aryl methyl sites for hydroxylation is 1. The number of carboxylic acids is 3. The number of benzene rings is 2. The molecule has 0 heterocycles.